The lowest BCUT2D eigenvalue weighted by Gasteiger charge is -2.24. The SMILES string of the molecule is CC(=O)NCc1ccc([C@@H]2CCCN2Cc2c(C)nn(C)c2C)nc1. The lowest BCUT2D eigenvalue weighted by Crippen LogP contribution is -2.24. The number of aryl methyl sites for hydroxylation is 2. The molecule has 3 rings (SSSR count). The molecule has 2 aromatic heterocycles. The zero-order valence-electron chi connectivity index (χ0n) is 15.5. The molecule has 0 radical (unpaired) electrons. The van der Waals surface area contributed by atoms with Crippen LogP contribution in [0.25, 0.3) is 0 Å². The van der Waals surface area contributed by atoms with Gasteiger partial charge in [-0.05, 0) is 44.9 Å². The molecule has 3 heterocycles. The first-order valence-corrected chi connectivity index (χ1v) is 8.88. The molecule has 0 unspecified atom stereocenters. The standard InChI is InChI=1S/C19H27N5O/c1-13-17(14(2)23(4)22-13)12-24-9-5-6-19(24)18-8-7-16(11-21-18)10-20-15(3)25/h7-8,11,19H,5-6,9-10,12H2,1-4H3,(H,20,25)/t19-/m0/s1. The van der Waals surface area contributed by atoms with Gasteiger partial charge in [-0.3, -0.25) is 19.4 Å². The predicted octanol–water partition coefficient (Wildman–Crippen LogP) is 2.41. The van der Waals surface area contributed by atoms with Crippen LogP contribution in [-0.4, -0.2) is 32.1 Å². The number of hydrogen-bond acceptors (Lipinski definition) is 4. The first-order chi connectivity index (χ1) is 12.0. The van der Waals surface area contributed by atoms with E-state index in [-0.39, 0.29) is 5.91 Å². The topological polar surface area (TPSA) is 63.1 Å². The molecule has 25 heavy (non-hydrogen) atoms. The van der Waals surface area contributed by atoms with Crippen LogP contribution in [0.4, 0.5) is 0 Å². The molecule has 0 spiro atoms. The lowest BCUT2D eigenvalue weighted by molar-refractivity contribution is -0.119. The molecule has 1 N–H and O–H groups in total. The maximum Gasteiger partial charge on any atom is 0.217 e. The summed E-state index contributed by atoms with van der Waals surface area (Å²) in [6.07, 6.45) is 4.21. The number of nitrogens with zero attached hydrogens (tertiary/aromatic N) is 4. The van der Waals surface area contributed by atoms with Gasteiger partial charge in [-0.2, -0.15) is 5.10 Å². The highest BCUT2D eigenvalue weighted by atomic mass is 16.1. The van der Waals surface area contributed by atoms with E-state index < -0.39 is 0 Å². The second kappa shape index (κ2) is 7.35. The van der Waals surface area contributed by atoms with E-state index in [1.807, 2.05) is 17.9 Å². The van der Waals surface area contributed by atoms with Crippen molar-refractivity contribution in [2.45, 2.75) is 52.7 Å². The average Bonchev–Trinajstić information content (AvgIpc) is 3.14. The molecule has 1 amide bonds. The van der Waals surface area contributed by atoms with Crippen molar-refractivity contribution >= 4 is 5.91 Å². The molecule has 1 saturated heterocycles. The summed E-state index contributed by atoms with van der Waals surface area (Å²) in [5.41, 5.74) is 5.83. The van der Waals surface area contributed by atoms with E-state index in [4.69, 9.17) is 0 Å². The molecule has 1 atom stereocenters. The Hall–Kier alpha value is -2.21. The number of likely N-dealkylation sites (tertiary alicyclic amines) is 1. The van der Waals surface area contributed by atoms with Crippen LogP contribution in [0.3, 0.4) is 0 Å². The fourth-order valence-corrected chi connectivity index (χ4v) is 3.56. The van der Waals surface area contributed by atoms with Crippen LogP contribution in [0.15, 0.2) is 18.3 Å². The van der Waals surface area contributed by atoms with Crippen molar-refractivity contribution in [1.82, 2.24) is 25.0 Å². The van der Waals surface area contributed by atoms with Gasteiger partial charge in [-0.1, -0.05) is 6.07 Å². The fourth-order valence-electron chi connectivity index (χ4n) is 3.56. The highest BCUT2D eigenvalue weighted by Crippen LogP contribution is 2.33. The summed E-state index contributed by atoms with van der Waals surface area (Å²) in [6, 6.07) is 4.52. The summed E-state index contributed by atoms with van der Waals surface area (Å²) in [4.78, 5) is 18.2. The highest BCUT2D eigenvalue weighted by Gasteiger charge is 2.28. The van der Waals surface area contributed by atoms with Gasteiger partial charge in [0, 0.05) is 44.5 Å². The first-order valence-electron chi connectivity index (χ1n) is 8.88. The maximum atomic E-state index is 11.0. The second-order valence-corrected chi connectivity index (χ2v) is 6.90. The van der Waals surface area contributed by atoms with Crippen molar-refractivity contribution in [2.24, 2.45) is 7.05 Å². The molecule has 0 bridgehead atoms. The number of amides is 1. The van der Waals surface area contributed by atoms with Crippen molar-refractivity contribution in [3.8, 4) is 0 Å². The highest BCUT2D eigenvalue weighted by molar-refractivity contribution is 5.72. The molecule has 1 fully saturated rings. The Morgan fingerprint density at radius 2 is 2.16 bits per heavy atom. The Kier molecular flexibility index (Phi) is 5.18. The summed E-state index contributed by atoms with van der Waals surface area (Å²) in [5, 5.41) is 7.35. The minimum Gasteiger partial charge on any atom is -0.352 e. The zero-order chi connectivity index (χ0) is 18.0. The van der Waals surface area contributed by atoms with Gasteiger partial charge in [0.05, 0.1) is 17.4 Å². The number of pyridine rings is 1. The molecule has 1 aliphatic rings. The summed E-state index contributed by atoms with van der Waals surface area (Å²) in [6.45, 7) is 8.29. The molecule has 0 saturated carbocycles. The predicted molar refractivity (Wildman–Crippen MR) is 96.8 cm³/mol. The van der Waals surface area contributed by atoms with Gasteiger partial charge < -0.3 is 5.32 Å². The summed E-state index contributed by atoms with van der Waals surface area (Å²) >= 11 is 0. The van der Waals surface area contributed by atoms with Gasteiger partial charge in [0.2, 0.25) is 5.91 Å². The quantitative estimate of drug-likeness (QED) is 0.907. The van der Waals surface area contributed by atoms with E-state index in [0.717, 1.165) is 36.5 Å². The summed E-state index contributed by atoms with van der Waals surface area (Å²) in [7, 11) is 2.00. The first kappa shape index (κ1) is 17.6. The molecular weight excluding hydrogens is 314 g/mol. The van der Waals surface area contributed by atoms with Crippen LogP contribution >= 0.6 is 0 Å². The van der Waals surface area contributed by atoms with E-state index in [0.29, 0.717) is 12.6 Å². The number of rotatable bonds is 5. The lowest BCUT2D eigenvalue weighted by atomic mass is 10.1. The van der Waals surface area contributed by atoms with Crippen molar-refractivity contribution in [3.63, 3.8) is 0 Å². The third-order valence-electron chi connectivity index (χ3n) is 5.11. The third kappa shape index (κ3) is 3.90. The third-order valence-corrected chi connectivity index (χ3v) is 5.11. The molecule has 134 valence electrons. The maximum absolute atomic E-state index is 11.0. The number of nitrogens with one attached hydrogen (secondary N) is 1. The molecule has 2 aromatic rings. The van der Waals surface area contributed by atoms with Crippen LogP contribution < -0.4 is 5.32 Å². The smallest absolute Gasteiger partial charge is 0.217 e. The fraction of sp³-hybridized carbons (Fsp3) is 0.526. The van der Waals surface area contributed by atoms with Crippen molar-refractivity contribution in [1.29, 1.82) is 0 Å². The van der Waals surface area contributed by atoms with Gasteiger partial charge in [-0.25, -0.2) is 0 Å². The van der Waals surface area contributed by atoms with Crippen LogP contribution in [0, 0.1) is 13.8 Å². The van der Waals surface area contributed by atoms with E-state index in [9.17, 15) is 4.79 Å². The molecule has 6 nitrogen and oxygen atoms in total. The van der Waals surface area contributed by atoms with Crippen molar-refractivity contribution in [2.75, 3.05) is 6.54 Å². The molecule has 0 aliphatic carbocycles. The molecule has 6 heteroatoms. The van der Waals surface area contributed by atoms with Crippen LogP contribution in [-0.2, 0) is 24.9 Å². The second-order valence-electron chi connectivity index (χ2n) is 6.90. The number of hydrogen-bond donors (Lipinski definition) is 1. The number of carbonyl (C=O) groups excluding carboxylic acids is 1. The summed E-state index contributed by atoms with van der Waals surface area (Å²) in [5.74, 6) is -0.0201. The molecule has 0 aromatic carbocycles. The molecular formula is C19H27N5O. The van der Waals surface area contributed by atoms with Crippen LogP contribution in [0.1, 0.15) is 54.0 Å². The monoisotopic (exact) mass is 341 g/mol. The minimum absolute atomic E-state index is 0.0201. The van der Waals surface area contributed by atoms with Gasteiger partial charge in [-0.15, -0.1) is 0 Å². The van der Waals surface area contributed by atoms with Crippen molar-refractivity contribution in [3.05, 3.63) is 46.5 Å². The Balaban J connectivity index is 1.72. The Bertz CT molecular complexity index is 750. The van der Waals surface area contributed by atoms with E-state index >= 15 is 0 Å². The Morgan fingerprint density at radius 1 is 1.36 bits per heavy atom. The van der Waals surface area contributed by atoms with E-state index in [1.54, 1.807) is 0 Å². The zero-order valence-corrected chi connectivity index (χ0v) is 15.5. The Morgan fingerprint density at radius 3 is 2.76 bits per heavy atom. The van der Waals surface area contributed by atoms with Crippen LogP contribution in [0.2, 0.25) is 0 Å². The Labute approximate surface area is 149 Å². The normalized spacial score (nSPS) is 17.8. The van der Waals surface area contributed by atoms with Gasteiger partial charge >= 0.3 is 0 Å². The molecule has 1 aliphatic heterocycles. The van der Waals surface area contributed by atoms with Gasteiger partial charge in [0.25, 0.3) is 0 Å². The summed E-state index contributed by atoms with van der Waals surface area (Å²) < 4.78 is 1.96. The minimum atomic E-state index is -0.0201. The number of aromatic nitrogens is 3. The average molecular weight is 341 g/mol. The van der Waals surface area contributed by atoms with E-state index in [2.05, 4.69) is 46.3 Å². The van der Waals surface area contributed by atoms with Crippen LogP contribution in [0.5, 0.6) is 0 Å². The van der Waals surface area contributed by atoms with Gasteiger partial charge in [0.15, 0.2) is 0 Å². The van der Waals surface area contributed by atoms with Crippen molar-refractivity contribution < 1.29 is 4.79 Å². The van der Waals surface area contributed by atoms with E-state index in [1.165, 1.54) is 24.6 Å². The number of carbonyl (C=O) groups is 1. The largest absolute Gasteiger partial charge is 0.352 e. The van der Waals surface area contributed by atoms with Gasteiger partial charge in [0.1, 0.15) is 0 Å².